The van der Waals surface area contributed by atoms with Crippen molar-refractivity contribution >= 4 is 28.3 Å². The van der Waals surface area contributed by atoms with Crippen LogP contribution in [0, 0.1) is 0 Å². The Morgan fingerprint density at radius 3 is 2.93 bits per heavy atom. The molecule has 84 valence electrons. The van der Waals surface area contributed by atoms with Gasteiger partial charge in [0.1, 0.15) is 0 Å². The van der Waals surface area contributed by atoms with Gasteiger partial charge in [-0.3, -0.25) is 9.88 Å². The van der Waals surface area contributed by atoms with E-state index in [2.05, 4.69) is 31.9 Å². The van der Waals surface area contributed by atoms with Crippen molar-refractivity contribution in [1.82, 2.24) is 9.88 Å². The van der Waals surface area contributed by atoms with Gasteiger partial charge in [0, 0.05) is 42.5 Å². The van der Waals surface area contributed by atoms with Crippen molar-refractivity contribution in [2.24, 2.45) is 5.73 Å². The first-order valence-corrected chi connectivity index (χ1v) is 5.61. The number of hydrogen-bond donors (Lipinski definition) is 1. The first-order chi connectivity index (χ1) is 6.74. The molecule has 0 spiro atoms. The maximum absolute atomic E-state index is 5.84. The van der Waals surface area contributed by atoms with Crippen LogP contribution in [0.4, 0.5) is 0 Å². The first-order valence-electron chi connectivity index (χ1n) is 4.81. The van der Waals surface area contributed by atoms with E-state index in [1.165, 1.54) is 5.56 Å². The maximum atomic E-state index is 5.84. The van der Waals surface area contributed by atoms with Gasteiger partial charge in [-0.25, -0.2) is 0 Å². The van der Waals surface area contributed by atoms with E-state index in [1.807, 2.05) is 6.20 Å². The molecule has 0 unspecified atom stereocenters. The number of aromatic nitrogens is 1. The Kier molecular flexibility index (Phi) is 4.99. The summed E-state index contributed by atoms with van der Waals surface area (Å²) in [5.74, 6) is 0. The maximum Gasteiger partial charge on any atom is 0.0410 e. The third kappa shape index (κ3) is 3.72. The summed E-state index contributed by atoms with van der Waals surface area (Å²) in [5.41, 5.74) is 7.09. The molecule has 1 atom stereocenters. The van der Waals surface area contributed by atoms with Crippen molar-refractivity contribution in [2.45, 2.75) is 19.0 Å². The molecule has 1 saturated heterocycles. The van der Waals surface area contributed by atoms with Crippen LogP contribution < -0.4 is 5.73 Å². The molecule has 1 aliphatic heterocycles. The largest absolute Gasteiger partial charge is 0.326 e. The van der Waals surface area contributed by atoms with Gasteiger partial charge in [-0.2, -0.15) is 0 Å². The van der Waals surface area contributed by atoms with Gasteiger partial charge in [-0.15, -0.1) is 12.4 Å². The van der Waals surface area contributed by atoms with E-state index in [-0.39, 0.29) is 12.4 Å². The van der Waals surface area contributed by atoms with E-state index in [0.717, 1.165) is 30.5 Å². The van der Waals surface area contributed by atoms with Crippen molar-refractivity contribution in [2.75, 3.05) is 13.1 Å². The third-order valence-corrected chi connectivity index (χ3v) is 2.91. The van der Waals surface area contributed by atoms with Gasteiger partial charge in [0.05, 0.1) is 0 Å². The highest BCUT2D eigenvalue weighted by Crippen LogP contribution is 2.14. The zero-order valence-electron chi connectivity index (χ0n) is 8.40. The molecule has 1 aromatic rings. The summed E-state index contributed by atoms with van der Waals surface area (Å²) in [7, 11) is 0. The molecule has 0 aliphatic carbocycles. The highest BCUT2D eigenvalue weighted by atomic mass is 79.9. The zero-order valence-corrected chi connectivity index (χ0v) is 10.8. The van der Waals surface area contributed by atoms with Crippen LogP contribution in [0.5, 0.6) is 0 Å². The van der Waals surface area contributed by atoms with E-state index in [9.17, 15) is 0 Å². The highest BCUT2D eigenvalue weighted by Gasteiger charge is 2.18. The zero-order chi connectivity index (χ0) is 9.97. The van der Waals surface area contributed by atoms with Crippen LogP contribution in [0.15, 0.2) is 22.9 Å². The molecular formula is C10H15BrClN3. The number of nitrogens with two attached hydrogens (primary N) is 1. The SMILES string of the molecule is Cl.N[C@H]1CCN(Cc2cncc(Br)c2)C1. The summed E-state index contributed by atoms with van der Waals surface area (Å²) in [6, 6.07) is 2.46. The average molecular weight is 293 g/mol. The summed E-state index contributed by atoms with van der Waals surface area (Å²) in [6.45, 7) is 3.07. The lowest BCUT2D eigenvalue weighted by atomic mass is 10.3. The molecule has 3 nitrogen and oxygen atoms in total. The molecule has 15 heavy (non-hydrogen) atoms. The number of likely N-dealkylation sites (tertiary alicyclic amines) is 1. The van der Waals surface area contributed by atoms with Crippen molar-refractivity contribution in [3.63, 3.8) is 0 Å². The van der Waals surface area contributed by atoms with Gasteiger partial charge in [0.15, 0.2) is 0 Å². The van der Waals surface area contributed by atoms with E-state index >= 15 is 0 Å². The lowest BCUT2D eigenvalue weighted by molar-refractivity contribution is 0.326. The monoisotopic (exact) mass is 291 g/mol. The van der Waals surface area contributed by atoms with E-state index < -0.39 is 0 Å². The molecule has 2 rings (SSSR count). The molecule has 1 aliphatic rings. The summed E-state index contributed by atoms with van der Waals surface area (Å²) >= 11 is 3.42. The van der Waals surface area contributed by atoms with Gasteiger partial charge < -0.3 is 5.73 Å². The van der Waals surface area contributed by atoms with E-state index in [4.69, 9.17) is 5.73 Å². The predicted octanol–water partition coefficient (Wildman–Crippen LogP) is 1.80. The van der Waals surface area contributed by atoms with Crippen molar-refractivity contribution < 1.29 is 0 Å². The minimum absolute atomic E-state index is 0. The molecule has 0 bridgehead atoms. The fourth-order valence-corrected chi connectivity index (χ4v) is 2.22. The number of nitrogens with zero attached hydrogens (tertiary/aromatic N) is 2. The number of halogens is 2. The van der Waals surface area contributed by atoms with E-state index in [1.54, 1.807) is 6.20 Å². The predicted molar refractivity (Wildman–Crippen MR) is 67.1 cm³/mol. The van der Waals surface area contributed by atoms with Crippen LogP contribution in [0.1, 0.15) is 12.0 Å². The Morgan fingerprint density at radius 1 is 1.53 bits per heavy atom. The van der Waals surface area contributed by atoms with Gasteiger partial charge >= 0.3 is 0 Å². The van der Waals surface area contributed by atoms with Gasteiger partial charge in [-0.1, -0.05) is 0 Å². The Hall–Kier alpha value is -0.160. The number of hydrogen-bond acceptors (Lipinski definition) is 3. The molecule has 0 saturated carbocycles. The highest BCUT2D eigenvalue weighted by molar-refractivity contribution is 9.10. The molecule has 0 radical (unpaired) electrons. The fraction of sp³-hybridized carbons (Fsp3) is 0.500. The molecule has 0 amide bonds. The molecule has 2 N–H and O–H groups in total. The Balaban J connectivity index is 0.00000112. The first kappa shape index (κ1) is 12.9. The van der Waals surface area contributed by atoms with Crippen LogP contribution >= 0.6 is 28.3 Å². The second kappa shape index (κ2) is 5.80. The average Bonchev–Trinajstić information content (AvgIpc) is 2.51. The number of pyridine rings is 1. The Bertz CT molecular complexity index is 321. The lowest BCUT2D eigenvalue weighted by Crippen LogP contribution is -2.26. The molecule has 2 heterocycles. The smallest absolute Gasteiger partial charge is 0.0410 e. The van der Waals surface area contributed by atoms with Crippen molar-refractivity contribution in [1.29, 1.82) is 0 Å². The standard InChI is InChI=1S/C10H14BrN3.ClH/c11-9-3-8(4-13-5-9)6-14-2-1-10(12)7-14;/h3-5,10H,1-2,6-7,12H2;1H/t10-;/m0./s1. The van der Waals surface area contributed by atoms with Crippen LogP contribution in [0.3, 0.4) is 0 Å². The molecular weight excluding hydrogens is 277 g/mol. The van der Waals surface area contributed by atoms with Crippen molar-refractivity contribution in [3.8, 4) is 0 Å². The quantitative estimate of drug-likeness (QED) is 0.904. The number of rotatable bonds is 2. The lowest BCUT2D eigenvalue weighted by Gasteiger charge is -2.14. The molecule has 5 heteroatoms. The Labute approximate surface area is 105 Å². The summed E-state index contributed by atoms with van der Waals surface area (Å²) < 4.78 is 1.04. The minimum atomic E-state index is 0. The minimum Gasteiger partial charge on any atom is -0.326 e. The van der Waals surface area contributed by atoms with Gasteiger partial charge in [0.25, 0.3) is 0 Å². The summed E-state index contributed by atoms with van der Waals surface area (Å²) in [5, 5.41) is 0. The molecule has 1 fully saturated rings. The second-order valence-corrected chi connectivity index (χ2v) is 4.71. The van der Waals surface area contributed by atoms with Crippen LogP contribution in [0.2, 0.25) is 0 Å². The van der Waals surface area contributed by atoms with Crippen LogP contribution in [0.25, 0.3) is 0 Å². The normalized spacial score (nSPS) is 21.3. The van der Waals surface area contributed by atoms with E-state index in [0.29, 0.717) is 6.04 Å². The summed E-state index contributed by atoms with van der Waals surface area (Å²) in [6.07, 6.45) is 4.83. The van der Waals surface area contributed by atoms with Gasteiger partial charge in [0.2, 0.25) is 0 Å². The van der Waals surface area contributed by atoms with Crippen LogP contribution in [-0.2, 0) is 6.54 Å². The fourth-order valence-electron chi connectivity index (χ4n) is 1.81. The van der Waals surface area contributed by atoms with Crippen LogP contribution in [-0.4, -0.2) is 29.0 Å². The topological polar surface area (TPSA) is 42.1 Å². The second-order valence-electron chi connectivity index (χ2n) is 3.80. The third-order valence-electron chi connectivity index (χ3n) is 2.48. The summed E-state index contributed by atoms with van der Waals surface area (Å²) in [4.78, 5) is 6.51. The van der Waals surface area contributed by atoms with Gasteiger partial charge in [-0.05, 0) is 34.0 Å². The Morgan fingerprint density at radius 2 is 2.33 bits per heavy atom. The molecule has 0 aromatic carbocycles. The molecule has 1 aromatic heterocycles. The van der Waals surface area contributed by atoms with Crippen molar-refractivity contribution in [3.05, 3.63) is 28.5 Å².